The Morgan fingerprint density at radius 3 is 2.71 bits per heavy atom. The molecule has 1 aliphatic heterocycles. The molecular weight excluding hydrogens is 176 g/mol. The number of nitrogens with zero attached hydrogens (tertiary/aromatic N) is 2. The Kier molecular flexibility index (Phi) is 3.28. The maximum absolute atomic E-state index is 11.6. The third-order valence-electron chi connectivity index (χ3n) is 2.74. The highest BCUT2D eigenvalue weighted by Crippen LogP contribution is 2.27. The standard InChI is InChI=1S/C11H18N2O/c1-11(2,3)13-8-4-5-9(13)10(14)6-7-12/h9H,4-6,8H2,1-3H3. The summed E-state index contributed by atoms with van der Waals surface area (Å²) in [5.74, 6) is 0.0833. The van der Waals surface area contributed by atoms with Crippen molar-refractivity contribution in [1.82, 2.24) is 4.90 Å². The van der Waals surface area contributed by atoms with E-state index in [1.165, 1.54) is 0 Å². The summed E-state index contributed by atoms with van der Waals surface area (Å²) in [4.78, 5) is 13.9. The highest BCUT2D eigenvalue weighted by molar-refractivity contribution is 5.86. The smallest absolute Gasteiger partial charge is 0.163 e. The van der Waals surface area contributed by atoms with Crippen LogP contribution in [0.3, 0.4) is 0 Å². The predicted molar refractivity (Wildman–Crippen MR) is 54.7 cm³/mol. The number of ketones is 1. The Balaban J connectivity index is 2.70. The number of hydrogen-bond donors (Lipinski definition) is 0. The molecule has 1 heterocycles. The van der Waals surface area contributed by atoms with E-state index in [0.717, 1.165) is 19.4 Å². The quantitative estimate of drug-likeness (QED) is 0.672. The maximum Gasteiger partial charge on any atom is 0.163 e. The third kappa shape index (κ3) is 2.33. The SMILES string of the molecule is CC(C)(C)N1CCCC1C(=O)CC#N. The molecule has 1 saturated heterocycles. The Morgan fingerprint density at radius 1 is 1.57 bits per heavy atom. The van der Waals surface area contributed by atoms with E-state index in [-0.39, 0.29) is 23.8 Å². The van der Waals surface area contributed by atoms with Crippen LogP contribution in [0.5, 0.6) is 0 Å². The Labute approximate surface area is 85.7 Å². The number of Topliss-reactive ketones (excluding diaryl/α,β-unsaturated/α-hetero) is 1. The van der Waals surface area contributed by atoms with Gasteiger partial charge in [0, 0.05) is 5.54 Å². The molecule has 0 aliphatic carbocycles. The molecule has 0 aromatic rings. The molecule has 1 fully saturated rings. The van der Waals surface area contributed by atoms with Crippen LogP contribution in [0, 0.1) is 11.3 Å². The number of carbonyl (C=O) groups is 1. The molecule has 0 spiro atoms. The molecular formula is C11H18N2O. The van der Waals surface area contributed by atoms with Crippen molar-refractivity contribution in [3.05, 3.63) is 0 Å². The first-order valence-corrected chi connectivity index (χ1v) is 5.13. The summed E-state index contributed by atoms with van der Waals surface area (Å²) in [7, 11) is 0. The number of carbonyl (C=O) groups excluding carboxylic acids is 1. The number of rotatable bonds is 2. The zero-order valence-corrected chi connectivity index (χ0v) is 9.21. The molecule has 0 radical (unpaired) electrons. The van der Waals surface area contributed by atoms with Gasteiger partial charge >= 0.3 is 0 Å². The van der Waals surface area contributed by atoms with Crippen LogP contribution in [-0.4, -0.2) is 28.8 Å². The average molecular weight is 194 g/mol. The van der Waals surface area contributed by atoms with E-state index in [2.05, 4.69) is 25.7 Å². The van der Waals surface area contributed by atoms with Gasteiger partial charge in [-0.25, -0.2) is 0 Å². The molecule has 78 valence electrons. The lowest BCUT2D eigenvalue weighted by molar-refractivity contribution is -0.124. The summed E-state index contributed by atoms with van der Waals surface area (Å²) >= 11 is 0. The van der Waals surface area contributed by atoms with E-state index in [4.69, 9.17) is 5.26 Å². The molecule has 0 aromatic heterocycles. The lowest BCUT2D eigenvalue weighted by Crippen LogP contribution is -2.47. The summed E-state index contributed by atoms with van der Waals surface area (Å²) in [6.45, 7) is 7.33. The topological polar surface area (TPSA) is 44.1 Å². The first-order chi connectivity index (χ1) is 6.46. The highest BCUT2D eigenvalue weighted by Gasteiger charge is 2.36. The summed E-state index contributed by atoms with van der Waals surface area (Å²) in [5, 5.41) is 8.50. The van der Waals surface area contributed by atoms with Gasteiger partial charge in [-0.1, -0.05) is 0 Å². The van der Waals surface area contributed by atoms with Crippen LogP contribution in [-0.2, 0) is 4.79 Å². The first-order valence-electron chi connectivity index (χ1n) is 5.13. The molecule has 0 amide bonds. The molecule has 1 unspecified atom stereocenters. The molecule has 14 heavy (non-hydrogen) atoms. The van der Waals surface area contributed by atoms with Gasteiger partial charge in [0.2, 0.25) is 0 Å². The molecule has 1 rings (SSSR count). The van der Waals surface area contributed by atoms with Gasteiger partial charge in [-0.2, -0.15) is 5.26 Å². The van der Waals surface area contributed by atoms with Gasteiger partial charge in [-0.05, 0) is 40.2 Å². The molecule has 3 nitrogen and oxygen atoms in total. The Hall–Kier alpha value is -0.880. The van der Waals surface area contributed by atoms with Crippen molar-refractivity contribution in [1.29, 1.82) is 5.26 Å². The van der Waals surface area contributed by atoms with Gasteiger partial charge in [0.05, 0.1) is 18.5 Å². The van der Waals surface area contributed by atoms with Gasteiger partial charge in [-0.3, -0.25) is 9.69 Å². The zero-order valence-electron chi connectivity index (χ0n) is 9.21. The summed E-state index contributed by atoms with van der Waals surface area (Å²) in [6, 6.07) is 1.92. The van der Waals surface area contributed by atoms with Gasteiger partial charge in [0.1, 0.15) is 0 Å². The van der Waals surface area contributed by atoms with Gasteiger partial charge in [0.25, 0.3) is 0 Å². The van der Waals surface area contributed by atoms with Crippen molar-refractivity contribution in [3.8, 4) is 6.07 Å². The fourth-order valence-electron chi connectivity index (χ4n) is 2.10. The van der Waals surface area contributed by atoms with Gasteiger partial charge < -0.3 is 0 Å². The van der Waals surface area contributed by atoms with Crippen molar-refractivity contribution in [3.63, 3.8) is 0 Å². The second-order valence-corrected chi connectivity index (χ2v) is 4.82. The lowest BCUT2D eigenvalue weighted by Gasteiger charge is -2.35. The molecule has 1 atom stereocenters. The van der Waals surface area contributed by atoms with E-state index >= 15 is 0 Å². The van der Waals surface area contributed by atoms with E-state index in [9.17, 15) is 4.79 Å². The van der Waals surface area contributed by atoms with Crippen molar-refractivity contribution in [2.75, 3.05) is 6.54 Å². The van der Waals surface area contributed by atoms with E-state index in [0.29, 0.717) is 0 Å². The average Bonchev–Trinajstić information content (AvgIpc) is 2.50. The largest absolute Gasteiger partial charge is 0.297 e. The molecule has 0 N–H and O–H groups in total. The van der Waals surface area contributed by atoms with Crippen LogP contribution in [0.2, 0.25) is 0 Å². The first kappa shape index (κ1) is 11.2. The van der Waals surface area contributed by atoms with Gasteiger partial charge in [-0.15, -0.1) is 0 Å². The minimum absolute atomic E-state index is 0.0188. The van der Waals surface area contributed by atoms with E-state index in [1.807, 2.05) is 6.07 Å². The van der Waals surface area contributed by atoms with E-state index in [1.54, 1.807) is 0 Å². The van der Waals surface area contributed by atoms with E-state index < -0.39 is 0 Å². The normalized spacial score (nSPS) is 23.4. The maximum atomic E-state index is 11.6. The van der Waals surface area contributed by atoms with Gasteiger partial charge in [0.15, 0.2) is 5.78 Å². The summed E-state index contributed by atoms with van der Waals surface area (Å²) in [5.41, 5.74) is 0.0340. The van der Waals surface area contributed by atoms with Crippen molar-refractivity contribution in [2.45, 2.75) is 51.6 Å². The minimum atomic E-state index is -0.0188. The molecule has 0 aromatic carbocycles. The van der Waals surface area contributed by atoms with Crippen molar-refractivity contribution in [2.24, 2.45) is 0 Å². The molecule has 1 aliphatic rings. The monoisotopic (exact) mass is 194 g/mol. The highest BCUT2D eigenvalue weighted by atomic mass is 16.1. The number of nitriles is 1. The second kappa shape index (κ2) is 4.10. The van der Waals surface area contributed by atoms with Crippen LogP contribution in [0.25, 0.3) is 0 Å². The van der Waals surface area contributed by atoms with Crippen molar-refractivity contribution >= 4 is 5.78 Å². The van der Waals surface area contributed by atoms with Crippen LogP contribution < -0.4 is 0 Å². The zero-order chi connectivity index (χ0) is 10.8. The number of hydrogen-bond acceptors (Lipinski definition) is 3. The Bertz CT molecular complexity index is 259. The van der Waals surface area contributed by atoms with Crippen LogP contribution in [0.15, 0.2) is 0 Å². The fraction of sp³-hybridized carbons (Fsp3) is 0.818. The third-order valence-corrected chi connectivity index (χ3v) is 2.74. The molecule has 0 bridgehead atoms. The minimum Gasteiger partial charge on any atom is -0.297 e. The van der Waals surface area contributed by atoms with Crippen LogP contribution in [0.1, 0.15) is 40.0 Å². The molecule has 0 saturated carbocycles. The lowest BCUT2D eigenvalue weighted by atomic mass is 10.0. The van der Waals surface area contributed by atoms with Crippen LogP contribution >= 0.6 is 0 Å². The second-order valence-electron chi connectivity index (χ2n) is 4.82. The Morgan fingerprint density at radius 2 is 2.21 bits per heavy atom. The molecule has 3 heteroatoms. The van der Waals surface area contributed by atoms with Crippen molar-refractivity contribution < 1.29 is 4.79 Å². The summed E-state index contributed by atoms with van der Waals surface area (Å²) < 4.78 is 0. The fourth-order valence-corrected chi connectivity index (χ4v) is 2.10. The van der Waals surface area contributed by atoms with Crippen LogP contribution in [0.4, 0.5) is 0 Å². The predicted octanol–water partition coefficient (Wildman–Crippen LogP) is 1.73. The number of likely N-dealkylation sites (tertiary alicyclic amines) is 1. The summed E-state index contributed by atoms with van der Waals surface area (Å²) in [6.07, 6.45) is 2.04.